The number of nitriles is 1. The van der Waals surface area contributed by atoms with Crippen LogP contribution in [0, 0.1) is 17.2 Å². The van der Waals surface area contributed by atoms with Gasteiger partial charge in [-0.05, 0) is 38.6 Å². The molecule has 0 spiro atoms. The van der Waals surface area contributed by atoms with Crippen molar-refractivity contribution in [2.45, 2.75) is 37.3 Å². The van der Waals surface area contributed by atoms with Crippen LogP contribution in [0.1, 0.15) is 25.7 Å². The minimum absolute atomic E-state index is 0.290. The molecule has 18 heavy (non-hydrogen) atoms. The largest absolute Gasteiger partial charge is 0.301 e. The van der Waals surface area contributed by atoms with Crippen molar-refractivity contribution in [3.8, 4) is 6.07 Å². The Bertz CT molecular complexity index is 334. The normalized spacial score (nSPS) is 29.8. The molecule has 1 N–H and O–H groups in total. The summed E-state index contributed by atoms with van der Waals surface area (Å²) in [4.78, 5) is 5.11. The van der Waals surface area contributed by atoms with E-state index in [-0.39, 0.29) is 5.54 Å². The van der Waals surface area contributed by atoms with Gasteiger partial charge in [0, 0.05) is 38.8 Å². The van der Waals surface area contributed by atoms with E-state index >= 15 is 0 Å². The van der Waals surface area contributed by atoms with Gasteiger partial charge in [0.2, 0.25) is 0 Å². The van der Waals surface area contributed by atoms with Crippen molar-refractivity contribution in [1.82, 2.24) is 15.1 Å². The Balaban J connectivity index is 1.54. The molecule has 1 unspecified atom stereocenters. The maximum atomic E-state index is 9.52. The quantitative estimate of drug-likeness (QED) is 0.776. The van der Waals surface area contributed by atoms with Crippen LogP contribution in [-0.2, 0) is 0 Å². The summed E-state index contributed by atoms with van der Waals surface area (Å²) in [6.45, 7) is 5.56. The molecule has 0 aromatic rings. The highest BCUT2D eigenvalue weighted by Gasteiger charge is 2.46. The molecular weight excluding hydrogens is 224 g/mol. The van der Waals surface area contributed by atoms with Crippen molar-refractivity contribution >= 4 is 0 Å². The van der Waals surface area contributed by atoms with Crippen molar-refractivity contribution in [2.75, 3.05) is 39.8 Å². The number of nitrogens with zero attached hydrogens (tertiary/aromatic N) is 3. The third-order valence-corrected chi connectivity index (χ3v) is 4.86. The van der Waals surface area contributed by atoms with Crippen LogP contribution in [0.25, 0.3) is 0 Å². The molecule has 3 rings (SSSR count). The van der Waals surface area contributed by atoms with Gasteiger partial charge in [-0.15, -0.1) is 0 Å². The highest BCUT2D eigenvalue weighted by molar-refractivity contribution is 5.16. The first-order valence-electron chi connectivity index (χ1n) is 7.34. The Hall–Kier alpha value is -0.630. The van der Waals surface area contributed by atoms with Gasteiger partial charge in [0.15, 0.2) is 0 Å². The van der Waals surface area contributed by atoms with Crippen LogP contribution in [0.5, 0.6) is 0 Å². The number of likely N-dealkylation sites (N-methyl/N-ethyl adjacent to an activating group) is 1. The molecular formula is C14H24N4. The minimum Gasteiger partial charge on any atom is -0.301 e. The van der Waals surface area contributed by atoms with Gasteiger partial charge in [-0.3, -0.25) is 9.80 Å². The van der Waals surface area contributed by atoms with Crippen LogP contribution in [-0.4, -0.2) is 61.2 Å². The lowest BCUT2D eigenvalue weighted by Crippen LogP contribution is -2.57. The molecule has 1 saturated heterocycles. The lowest BCUT2D eigenvalue weighted by atomic mass is 9.94. The first-order chi connectivity index (χ1) is 8.77. The molecule has 4 nitrogen and oxygen atoms in total. The van der Waals surface area contributed by atoms with E-state index in [9.17, 15) is 5.26 Å². The van der Waals surface area contributed by atoms with E-state index < -0.39 is 0 Å². The van der Waals surface area contributed by atoms with Crippen molar-refractivity contribution in [1.29, 1.82) is 5.26 Å². The molecule has 0 aromatic carbocycles. The Morgan fingerprint density at radius 3 is 2.28 bits per heavy atom. The summed E-state index contributed by atoms with van der Waals surface area (Å²) >= 11 is 0. The van der Waals surface area contributed by atoms with Crippen LogP contribution >= 0.6 is 0 Å². The molecule has 3 aliphatic rings. The Morgan fingerprint density at radius 1 is 1.17 bits per heavy atom. The first kappa shape index (κ1) is 12.4. The second-order valence-corrected chi connectivity index (χ2v) is 6.15. The first-order valence-corrected chi connectivity index (χ1v) is 7.34. The number of nitrogens with one attached hydrogen (secondary N) is 1. The van der Waals surface area contributed by atoms with Gasteiger partial charge in [-0.25, -0.2) is 0 Å². The fourth-order valence-corrected chi connectivity index (χ4v) is 3.25. The average Bonchev–Trinajstić information content (AvgIpc) is 3.29. The van der Waals surface area contributed by atoms with Gasteiger partial charge in [0.05, 0.1) is 6.07 Å². The molecule has 0 aromatic heterocycles. The van der Waals surface area contributed by atoms with Gasteiger partial charge in [-0.1, -0.05) is 0 Å². The molecule has 3 fully saturated rings. The van der Waals surface area contributed by atoms with Gasteiger partial charge in [-0.2, -0.15) is 5.26 Å². The van der Waals surface area contributed by atoms with E-state index in [1.165, 1.54) is 38.8 Å². The monoisotopic (exact) mass is 248 g/mol. The molecule has 1 heterocycles. The van der Waals surface area contributed by atoms with Crippen molar-refractivity contribution < 1.29 is 0 Å². The van der Waals surface area contributed by atoms with Crippen LogP contribution < -0.4 is 5.32 Å². The molecule has 100 valence electrons. The van der Waals surface area contributed by atoms with Crippen molar-refractivity contribution in [3.05, 3.63) is 0 Å². The van der Waals surface area contributed by atoms with E-state index in [4.69, 9.17) is 0 Å². The van der Waals surface area contributed by atoms with Gasteiger partial charge in [0.1, 0.15) is 5.54 Å². The standard InChI is InChI=1S/C14H24N4/c1-16-14(10-15,12-2-3-12)11-17-6-8-18(9-7-17)13-4-5-13/h12-13,16H,2-9,11H2,1H3. The molecule has 1 aliphatic heterocycles. The molecule has 0 bridgehead atoms. The number of piperazine rings is 1. The molecule has 2 aliphatic carbocycles. The van der Waals surface area contributed by atoms with Crippen LogP contribution in [0.4, 0.5) is 0 Å². The SMILES string of the molecule is CNC(C#N)(CN1CCN(C2CC2)CC1)C1CC1. The number of rotatable bonds is 5. The van der Waals surface area contributed by atoms with E-state index in [1.54, 1.807) is 0 Å². The zero-order valence-corrected chi connectivity index (χ0v) is 11.4. The van der Waals surface area contributed by atoms with Crippen LogP contribution in [0.2, 0.25) is 0 Å². The maximum absolute atomic E-state index is 9.52. The summed E-state index contributed by atoms with van der Waals surface area (Å²) in [5, 5.41) is 12.8. The fraction of sp³-hybridized carbons (Fsp3) is 0.929. The van der Waals surface area contributed by atoms with E-state index in [1.807, 2.05) is 7.05 Å². The highest BCUT2D eigenvalue weighted by Crippen LogP contribution is 2.40. The Labute approximate surface area is 110 Å². The van der Waals surface area contributed by atoms with E-state index in [0.717, 1.165) is 25.7 Å². The summed E-state index contributed by atoms with van der Waals surface area (Å²) in [6.07, 6.45) is 5.24. The lowest BCUT2D eigenvalue weighted by molar-refractivity contribution is 0.104. The van der Waals surface area contributed by atoms with E-state index in [0.29, 0.717) is 5.92 Å². The van der Waals surface area contributed by atoms with Gasteiger partial charge in [0.25, 0.3) is 0 Å². The average molecular weight is 248 g/mol. The molecule has 0 amide bonds. The maximum Gasteiger partial charge on any atom is 0.122 e. The predicted molar refractivity (Wildman–Crippen MR) is 71.2 cm³/mol. The van der Waals surface area contributed by atoms with Gasteiger partial charge < -0.3 is 5.32 Å². The lowest BCUT2D eigenvalue weighted by Gasteiger charge is -2.39. The van der Waals surface area contributed by atoms with Crippen molar-refractivity contribution in [2.24, 2.45) is 5.92 Å². The second-order valence-electron chi connectivity index (χ2n) is 6.15. The second kappa shape index (κ2) is 4.80. The van der Waals surface area contributed by atoms with Crippen LogP contribution in [0.3, 0.4) is 0 Å². The Morgan fingerprint density at radius 2 is 1.83 bits per heavy atom. The third-order valence-electron chi connectivity index (χ3n) is 4.86. The Kier molecular flexibility index (Phi) is 3.31. The van der Waals surface area contributed by atoms with Crippen molar-refractivity contribution in [3.63, 3.8) is 0 Å². The number of hydrogen-bond acceptors (Lipinski definition) is 4. The predicted octanol–water partition coefficient (Wildman–Crippen LogP) is 0.658. The third kappa shape index (κ3) is 2.40. The van der Waals surface area contributed by atoms with E-state index in [2.05, 4.69) is 21.2 Å². The zero-order chi connectivity index (χ0) is 12.6. The summed E-state index contributed by atoms with van der Waals surface area (Å²) in [6, 6.07) is 3.44. The van der Waals surface area contributed by atoms with Crippen LogP contribution in [0.15, 0.2) is 0 Å². The molecule has 0 radical (unpaired) electrons. The fourth-order valence-electron chi connectivity index (χ4n) is 3.25. The topological polar surface area (TPSA) is 42.3 Å². The number of hydrogen-bond donors (Lipinski definition) is 1. The summed E-state index contributed by atoms with van der Waals surface area (Å²) < 4.78 is 0. The summed E-state index contributed by atoms with van der Waals surface area (Å²) in [7, 11) is 1.95. The molecule has 2 saturated carbocycles. The molecule has 4 heteroatoms. The smallest absolute Gasteiger partial charge is 0.122 e. The zero-order valence-electron chi connectivity index (χ0n) is 11.4. The highest BCUT2D eigenvalue weighted by atomic mass is 15.3. The molecule has 1 atom stereocenters. The summed E-state index contributed by atoms with van der Waals surface area (Å²) in [5.74, 6) is 0.578. The van der Waals surface area contributed by atoms with Gasteiger partial charge >= 0.3 is 0 Å². The minimum atomic E-state index is -0.290. The summed E-state index contributed by atoms with van der Waals surface area (Å²) in [5.41, 5.74) is -0.290.